The van der Waals surface area contributed by atoms with Crippen molar-refractivity contribution in [1.29, 1.82) is 0 Å². The summed E-state index contributed by atoms with van der Waals surface area (Å²) in [7, 11) is 2.10. The Kier molecular flexibility index (Phi) is 5.56. The van der Waals surface area contributed by atoms with Crippen LogP contribution in [-0.2, 0) is 13.1 Å². The fraction of sp³-hybridized carbons (Fsp3) is 0.312. The molecule has 0 aliphatic carbocycles. The van der Waals surface area contributed by atoms with Gasteiger partial charge < -0.3 is 10.2 Å². The predicted octanol–water partition coefficient (Wildman–Crippen LogP) is 3.59. The van der Waals surface area contributed by atoms with Crippen LogP contribution in [0.2, 0.25) is 0 Å². The highest BCUT2D eigenvalue weighted by Gasteiger charge is 2.05. The van der Waals surface area contributed by atoms with Gasteiger partial charge in [0.25, 0.3) is 0 Å². The zero-order valence-corrected chi connectivity index (χ0v) is 13.5. The van der Waals surface area contributed by atoms with Crippen molar-refractivity contribution in [3.05, 3.63) is 58.3 Å². The van der Waals surface area contributed by atoms with Gasteiger partial charge in [-0.1, -0.05) is 28.9 Å². The second-order valence-corrected chi connectivity index (χ2v) is 5.62. The van der Waals surface area contributed by atoms with Crippen molar-refractivity contribution >= 4 is 21.6 Å². The number of halogens is 1. The zero-order chi connectivity index (χ0) is 14.4. The summed E-state index contributed by atoms with van der Waals surface area (Å²) in [5.41, 5.74) is 3.75. The van der Waals surface area contributed by atoms with Crippen molar-refractivity contribution in [2.75, 3.05) is 18.5 Å². The maximum atomic E-state index is 4.05. The third-order valence-corrected chi connectivity index (χ3v) is 3.95. The maximum Gasteiger partial charge on any atom is 0.0427 e. The summed E-state index contributed by atoms with van der Waals surface area (Å²) in [6, 6.07) is 10.6. The van der Waals surface area contributed by atoms with Gasteiger partial charge in [0, 0.05) is 42.7 Å². The maximum absolute atomic E-state index is 4.05. The van der Waals surface area contributed by atoms with E-state index in [2.05, 4.69) is 63.3 Å². The normalized spacial score (nSPS) is 10.6. The van der Waals surface area contributed by atoms with Crippen molar-refractivity contribution in [2.24, 2.45) is 0 Å². The van der Waals surface area contributed by atoms with Crippen LogP contribution in [0.5, 0.6) is 0 Å². The van der Waals surface area contributed by atoms with E-state index in [4.69, 9.17) is 0 Å². The molecule has 0 unspecified atom stereocenters. The molecule has 4 heteroatoms. The number of nitrogens with zero attached hydrogens (tertiary/aromatic N) is 2. The largest absolute Gasteiger partial charge is 0.370 e. The lowest BCUT2D eigenvalue weighted by atomic mass is 10.2. The molecule has 1 aromatic carbocycles. The number of nitrogens with one attached hydrogen (secondary N) is 1. The zero-order valence-electron chi connectivity index (χ0n) is 11.9. The molecule has 106 valence electrons. The van der Waals surface area contributed by atoms with Gasteiger partial charge in [-0.2, -0.15) is 0 Å². The molecule has 0 saturated heterocycles. The van der Waals surface area contributed by atoms with Crippen molar-refractivity contribution < 1.29 is 0 Å². The fourth-order valence-electron chi connectivity index (χ4n) is 2.03. The van der Waals surface area contributed by atoms with Gasteiger partial charge in [0.15, 0.2) is 0 Å². The molecule has 0 aliphatic heterocycles. The Morgan fingerprint density at radius 3 is 2.60 bits per heavy atom. The third kappa shape index (κ3) is 4.05. The Morgan fingerprint density at radius 2 is 1.95 bits per heavy atom. The first-order valence-corrected chi connectivity index (χ1v) is 7.59. The summed E-state index contributed by atoms with van der Waals surface area (Å²) in [6.45, 7) is 4.87. The van der Waals surface area contributed by atoms with Crippen LogP contribution in [0.1, 0.15) is 18.1 Å². The minimum Gasteiger partial charge on any atom is -0.370 e. The number of benzene rings is 1. The molecule has 2 aromatic rings. The number of hydrogen-bond donors (Lipinski definition) is 1. The first-order chi connectivity index (χ1) is 9.70. The van der Waals surface area contributed by atoms with Crippen molar-refractivity contribution in [2.45, 2.75) is 20.0 Å². The second kappa shape index (κ2) is 7.41. The lowest BCUT2D eigenvalue weighted by Crippen LogP contribution is -2.17. The lowest BCUT2D eigenvalue weighted by Gasteiger charge is -2.20. The van der Waals surface area contributed by atoms with Gasteiger partial charge in [-0.05, 0) is 41.9 Å². The Labute approximate surface area is 129 Å². The highest BCUT2D eigenvalue weighted by Crippen LogP contribution is 2.24. The van der Waals surface area contributed by atoms with Gasteiger partial charge in [-0.3, -0.25) is 4.98 Å². The predicted molar refractivity (Wildman–Crippen MR) is 87.9 cm³/mol. The first-order valence-electron chi connectivity index (χ1n) is 6.80. The van der Waals surface area contributed by atoms with Gasteiger partial charge in [0.1, 0.15) is 0 Å². The molecule has 0 saturated carbocycles. The van der Waals surface area contributed by atoms with Gasteiger partial charge in [-0.15, -0.1) is 0 Å². The fourth-order valence-corrected chi connectivity index (χ4v) is 2.54. The Bertz CT molecular complexity index is 543. The molecule has 0 spiro atoms. The molecule has 1 heterocycles. The Hall–Kier alpha value is -1.39. The molecule has 3 nitrogen and oxygen atoms in total. The molecule has 1 N–H and O–H groups in total. The molecule has 0 bridgehead atoms. The summed E-state index contributed by atoms with van der Waals surface area (Å²) in [4.78, 5) is 6.28. The molecule has 0 fully saturated rings. The first kappa shape index (κ1) is 15.0. The van der Waals surface area contributed by atoms with E-state index in [-0.39, 0.29) is 0 Å². The molecule has 20 heavy (non-hydrogen) atoms. The molecular weight excluding hydrogens is 314 g/mol. The van der Waals surface area contributed by atoms with Crippen LogP contribution in [0, 0.1) is 0 Å². The average Bonchev–Trinajstić information content (AvgIpc) is 2.47. The smallest absolute Gasteiger partial charge is 0.0427 e. The van der Waals surface area contributed by atoms with Crippen LogP contribution in [0.15, 0.2) is 47.2 Å². The number of aromatic nitrogens is 1. The SMILES string of the molecule is CCNCc1ccc(N(C)Cc2ccncc2)cc1Br. The number of hydrogen-bond acceptors (Lipinski definition) is 3. The highest BCUT2D eigenvalue weighted by molar-refractivity contribution is 9.10. The molecule has 0 aliphatic rings. The van der Waals surface area contributed by atoms with Gasteiger partial charge in [0.2, 0.25) is 0 Å². The van der Waals surface area contributed by atoms with Gasteiger partial charge in [-0.25, -0.2) is 0 Å². The monoisotopic (exact) mass is 333 g/mol. The lowest BCUT2D eigenvalue weighted by molar-refractivity contribution is 0.724. The number of anilines is 1. The number of pyridine rings is 1. The van der Waals surface area contributed by atoms with Gasteiger partial charge >= 0.3 is 0 Å². The molecule has 0 radical (unpaired) electrons. The summed E-state index contributed by atoms with van der Waals surface area (Å²) in [5.74, 6) is 0. The third-order valence-electron chi connectivity index (χ3n) is 3.21. The topological polar surface area (TPSA) is 28.2 Å². The minimum atomic E-state index is 0.877. The van der Waals surface area contributed by atoms with E-state index in [9.17, 15) is 0 Å². The minimum absolute atomic E-state index is 0.877. The van der Waals surface area contributed by atoms with Crippen LogP contribution < -0.4 is 10.2 Å². The molecule has 0 atom stereocenters. The second-order valence-electron chi connectivity index (χ2n) is 4.77. The van der Waals surface area contributed by atoms with E-state index in [1.54, 1.807) is 0 Å². The van der Waals surface area contributed by atoms with E-state index in [1.807, 2.05) is 24.5 Å². The van der Waals surface area contributed by atoms with Gasteiger partial charge in [0.05, 0.1) is 0 Å². The quantitative estimate of drug-likeness (QED) is 0.875. The summed E-state index contributed by atoms with van der Waals surface area (Å²) >= 11 is 3.65. The molecule has 0 amide bonds. The number of rotatable bonds is 6. The van der Waals surface area contributed by atoms with E-state index in [0.29, 0.717) is 0 Å². The average molecular weight is 334 g/mol. The Morgan fingerprint density at radius 1 is 1.20 bits per heavy atom. The van der Waals surface area contributed by atoms with Crippen LogP contribution in [0.3, 0.4) is 0 Å². The van der Waals surface area contributed by atoms with Crippen LogP contribution in [0.25, 0.3) is 0 Å². The van der Waals surface area contributed by atoms with E-state index >= 15 is 0 Å². The summed E-state index contributed by atoms with van der Waals surface area (Å²) in [5, 5.41) is 3.34. The standard InChI is InChI=1S/C16H20BrN3/c1-3-18-11-14-4-5-15(10-16(14)17)20(2)12-13-6-8-19-9-7-13/h4-10,18H,3,11-12H2,1-2H3. The van der Waals surface area contributed by atoms with E-state index in [1.165, 1.54) is 16.8 Å². The molecular formula is C16H20BrN3. The van der Waals surface area contributed by atoms with E-state index in [0.717, 1.165) is 24.1 Å². The molecule has 2 rings (SSSR count). The van der Waals surface area contributed by atoms with Crippen LogP contribution >= 0.6 is 15.9 Å². The van der Waals surface area contributed by atoms with Crippen molar-refractivity contribution in [3.8, 4) is 0 Å². The summed E-state index contributed by atoms with van der Waals surface area (Å²) in [6.07, 6.45) is 3.66. The Balaban J connectivity index is 2.07. The van der Waals surface area contributed by atoms with E-state index < -0.39 is 0 Å². The van der Waals surface area contributed by atoms with Crippen molar-refractivity contribution in [3.63, 3.8) is 0 Å². The highest BCUT2D eigenvalue weighted by atomic mass is 79.9. The molecule has 1 aromatic heterocycles. The van der Waals surface area contributed by atoms with Crippen LogP contribution in [-0.4, -0.2) is 18.6 Å². The summed E-state index contributed by atoms with van der Waals surface area (Å²) < 4.78 is 1.15. The van der Waals surface area contributed by atoms with Crippen molar-refractivity contribution in [1.82, 2.24) is 10.3 Å². The van der Waals surface area contributed by atoms with Crippen LogP contribution in [0.4, 0.5) is 5.69 Å².